The second kappa shape index (κ2) is 7.58. The summed E-state index contributed by atoms with van der Waals surface area (Å²) in [6.45, 7) is 4.05. The number of alkyl halides is 2. The molecule has 0 bridgehead atoms. The summed E-state index contributed by atoms with van der Waals surface area (Å²) in [6.07, 6.45) is 0.572. The molecule has 3 heterocycles. The second-order valence-electron chi connectivity index (χ2n) is 6.85. The molecule has 1 saturated heterocycles. The summed E-state index contributed by atoms with van der Waals surface area (Å²) in [7, 11) is 0. The van der Waals surface area contributed by atoms with Gasteiger partial charge in [-0.1, -0.05) is 6.07 Å². The number of halogens is 3. The highest BCUT2D eigenvalue weighted by atomic mass is 127. The standard InChI is InChI=1S/C19H17F2IN4O3/c1-10(2)26-7-6-23-17(26)13-4-3-5-15(24-13)25-18(27)12-8-11(22)9-14-16(12)29-19(20,21)28-14/h3-10,14,16H,1-2H3,(H,24,25,27). The van der Waals surface area contributed by atoms with Crippen LogP contribution >= 0.6 is 22.6 Å². The van der Waals surface area contributed by atoms with Crippen molar-refractivity contribution in [2.75, 3.05) is 5.32 Å². The number of allylic oxidation sites excluding steroid dienone is 2. The molecule has 2 aromatic rings. The van der Waals surface area contributed by atoms with Crippen molar-refractivity contribution in [2.24, 2.45) is 0 Å². The molecule has 2 unspecified atom stereocenters. The largest absolute Gasteiger partial charge is 0.486 e. The molecule has 2 aromatic heterocycles. The lowest BCUT2D eigenvalue weighted by molar-refractivity contribution is -0.347. The number of nitrogens with zero attached hydrogens (tertiary/aromatic N) is 3. The zero-order valence-electron chi connectivity index (χ0n) is 15.5. The van der Waals surface area contributed by atoms with Crippen LogP contribution in [0.4, 0.5) is 14.6 Å². The van der Waals surface area contributed by atoms with Gasteiger partial charge >= 0.3 is 6.29 Å². The van der Waals surface area contributed by atoms with E-state index in [1.54, 1.807) is 24.4 Å². The summed E-state index contributed by atoms with van der Waals surface area (Å²) in [6, 6.07) is 5.33. The maximum Gasteiger partial charge on any atom is 0.486 e. The molecule has 7 nitrogen and oxygen atoms in total. The minimum absolute atomic E-state index is 0.0509. The van der Waals surface area contributed by atoms with Crippen molar-refractivity contribution in [3.8, 4) is 11.5 Å². The smallest absolute Gasteiger partial charge is 0.327 e. The van der Waals surface area contributed by atoms with Crippen molar-refractivity contribution in [2.45, 2.75) is 38.4 Å². The van der Waals surface area contributed by atoms with Crippen molar-refractivity contribution in [1.29, 1.82) is 0 Å². The number of aromatic nitrogens is 3. The maximum absolute atomic E-state index is 13.5. The van der Waals surface area contributed by atoms with E-state index in [0.29, 0.717) is 15.1 Å². The SMILES string of the molecule is CC(C)n1ccnc1-c1cccc(NC(=O)C2=CC(I)=CC3OC(F)(F)OC23)n1. The number of pyridine rings is 1. The fourth-order valence-electron chi connectivity index (χ4n) is 3.20. The van der Waals surface area contributed by atoms with E-state index in [0.717, 1.165) is 0 Å². The lowest BCUT2D eigenvalue weighted by Crippen LogP contribution is -2.32. The summed E-state index contributed by atoms with van der Waals surface area (Å²) < 4.78 is 38.8. The summed E-state index contributed by atoms with van der Waals surface area (Å²) in [5.41, 5.74) is 0.633. The minimum atomic E-state index is -3.74. The van der Waals surface area contributed by atoms with Gasteiger partial charge in [-0.2, -0.15) is 0 Å². The van der Waals surface area contributed by atoms with Gasteiger partial charge in [0.15, 0.2) is 5.82 Å². The molecule has 1 N–H and O–H groups in total. The number of carbonyl (C=O) groups excluding carboxylic acids is 1. The first-order valence-electron chi connectivity index (χ1n) is 8.87. The number of imidazole rings is 1. The number of hydrogen-bond donors (Lipinski definition) is 1. The third-order valence-electron chi connectivity index (χ3n) is 4.47. The third-order valence-corrected chi connectivity index (χ3v) is 5.14. The van der Waals surface area contributed by atoms with Gasteiger partial charge in [-0.3, -0.25) is 14.3 Å². The van der Waals surface area contributed by atoms with Gasteiger partial charge < -0.3 is 9.88 Å². The van der Waals surface area contributed by atoms with Gasteiger partial charge in [0.2, 0.25) is 0 Å². The number of fused-ring (bicyclic) bond motifs is 1. The minimum Gasteiger partial charge on any atom is -0.327 e. The molecule has 0 spiro atoms. The Morgan fingerprint density at radius 2 is 2.14 bits per heavy atom. The predicted octanol–water partition coefficient (Wildman–Crippen LogP) is 4.06. The number of amides is 1. The van der Waals surface area contributed by atoms with Crippen LogP contribution in [0, 0.1) is 0 Å². The Hall–Kier alpha value is -2.18. The Kier molecular flexibility index (Phi) is 5.25. The van der Waals surface area contributed by atoms with Crippen molar-refractivity contribution in [3.63, 3.8) is 0 Å². The van der Waals surface area contributed by atoms with Gasteiger partial charge in [0.25, 0.3) is 5.91 Å². The number of carbonyl (C=O) groups is 1. The highest BCUT2D eigenvalue weighted by Gasteiger charge is 2.52. The van der Waals surface area contributed by atoms with Crippen LogP contribution in [-0.2, 0) is 14.3 Å². The Balaban J connectivity index is 1.58. The number of rotatable bonds is 4. The Morgan fingerprint density at radius 3 is 2.90 bits per heavy atom. The molecule has 2 atom stereocenters. The molecule has 1 fully saturated rings. The molecule has 10 heteroatoms. The average molecular weight is 514 g/mol. The van der Waals surface area contributed by atoms with Gasteiger partial charge in [0.05, 0.1) is 5.57 Å². The predicted molar refractivity (Wildman–Crippen MR) is 109 cm³/mol. The maximum atomic E-state index is 13.5. The third kappa shape index (κ3) is 4.09. The zero-order chi connectivity index (χ0) is 20.8. The van der Waals surface area contributed by atoms with E-state index >= 15 is 0 Å². The molecule has 4 rings (SSSR count). The molecule has 1 aliphatic heterocycles. The van der Waals surface area contributed by atoms with E-state index in [4.69, 9.17) is 0 Å². The molecule has 152 valence electrons. The summed E-state index contributed by atoms with van der Waals surface area (Å²) in [5.74, 6) is 0.358. The van der Waals surface area contributed by atoms with Crippen LogP contribution in [0.15, 0.2) is 51.9 Å². The first-order valence-corrected chi connectivity index (χ1v) is 9.95. The van der Waals surface area contributed by atoms with E-state index in [2.05, 4.69) is 24.8 Å². The van der Waals surface area contributed by atoms with Gasteiger partial charge in [0.1, 0.15) is 23.7 Å². The molecule has 0 radical (unpaired) electrons. The fraction of sp³-hybridized carbons (Fsp3) is 0.316. The van der Waals surface area contributed by atoms with E-state index in [1.165, 1.54) is 12.2 Å². The van der Waals surface area contributed by atoms with E-state index < -0.39 is 24.4 Å². The van der Waals surface area contributed by atoms with Crippen LogP contribution in [0.3, 0.4) is 0 Å². The molecule has 1 aliphatic carbocycles. The quantitative estimate of drug-likeness (QED) is 0.624. The van der Waals surface area contributed by atoms with Crippen LogP contribution in [0.2, 0.25) is 0 Å². The monoisotopic (exact) mass is 514 g/mol. The van der Waals surface area contributed by atoms with Crippen molar-refractivity contribution in [1.82, 2.24) is 14.5 Å². The Labute approximate surface area is 179 Å². The van der Waals surface area contributed by atoms with Gasteiger partial charge in [-0.05, 0) is 60.7 Å². The molecule has 0 saturated carbocycles. The van der Waals surface area contributed by atoms with E-state index in [9.17, 15) is 13.6 Å². The van der Waals surface area contributed by atoms with Gasteiger partial charge in [0, 0.05) is 22.0 Å². The highest BCUT2D eigenvalue weighted by Crippen LogP contribution is 2.39. The van der Waals surface area contributed by atoms with Crippen LogP contribution in [0.25, 0.3) is 11.5 Å². The summed E-state index contributed by atoms with van der Waals surface area (Å²) in [5, 5.41) is 2.66. The van der Waals surface area contributed by atoms with Crippen molar-refractivity contribution >= 4 is 34.3 Å². The number of hydrogen-bond acceptors (Lipinski definition) is 5. The molecular formula is C19H17F2IN4O3. The van der Waals surface area contributed by atoms with Crippen LogP contribution in [0.1, 0.15) is 19.9 Å². The second-order valence-corrected chi connectivity index (χ2v) is 8.10. The molecule has 2 aliphatic rings. The summed E-state index contributed by atoms with van der Waals surface area (Å²) in [4.78, 5) is 21.6. The van der Waals surface area contributed by atoms with Crippen molar-refractivity contribution in [3.05, 3.63) is 51.9 Å². The van der Waals surface area contributed by atoms with Crippen LogP contribution in [0.5, 0.6) is 0 Å². The van der Waals surface area contributed by atoms with Crippen LogP contribution < -0.4 is 5.32 Å². The number of ether oxygens (including phenoxy) is 2. The average Bonchev–Trinajstić information content (AvgIpc) is 3.24. The topological polar surface area (TPSA) is 78.3 Å². The van der Waals surface area contributed by atoms with Crippen LogP contribution in [-0.4, -0.2) is 38.9 Å². The van der Waals surface area contributed by atoms with E-state index in [-0.39, 0.29) is 17.4 Å². The van der Waals surface area contributed by atoms with Gasteiger partial charge in [-0.25, -0.2) is 9.97 Å². The van der Waals surface area contributed by atoms with Crippen molar-refractivity contribution < 1.29 is 23.0 Å². The molecular weight excluding hydrogens is 497 g/mol. The molecule has 1 amide bonds. The molecule has 0 aromatic carbocycles. The number of anilines is 1. The summed E-state index contributed by atoms with van der Waals surface area (Å²) >= 11 is 1.94. The first kappa shape index (κ1) is 20.1. The fourth-order valence-corrected chi connectivity index (χ4v) is 3.89. The first-order chi connectivity index (χ1) is 13.7. The Morgan fingerprint density at radius 1 is 1.34 bits per heavy atom. The highest BCUT2D eigenvalue weighted by molar-refractivity contribution is 14.1. The lowest BCUT2D eigenvalue weighted by Gasteiger charge is -2.20. The van der Waals surface area contributed by atoms with E-state index in [1.807, 2.05) is 47.2 Å². The number of nitrogens with one attached hydrogen (secondary N) is 1. The normalized spacial score (nSPS) is 22.8. The zero-order valence-corrected chi connectivity index (χ0v) is 17.6. The van der Waals surface area contributed by atoms with Gasteiger partial charge in [-0.15, -0.1) is 8.78 Å². The molecule has 29 heavy (non-hydrogen) atoms. The lowest BCUT2D eigenvalue weighted by atomic mass is 9.98. The Bertz CT molecular complexity index is 1020.